The summed E-state index contributed by atoms with van der Waals surface area (Å²) in [6.45, 7) is 5.22. The number of hydrogen-bond donors (Lipinski definition) is 2. The highest BCUT2D eigenvalue weighted by atomic mass is 16.5. The van der Waals surface area contributed by atoms with Crippen molar-refractivity contribution in [2.24, 2.45) is 5.73 Å². The van der Waals surface area contributed by atoms with Gasteiger partial charge in [-0.2, -0.15) is 0 Å². The van der Waals surface area contributed by atoms with Crippen molar-refractivity contribution in [3.63, 3.8) is 0 Å². The van der Waals surface area contributed by atoms with E-state index in [1.54, 1.807) is 0 Å². The van der Waals surface area contributed by atoms with E-state index in [1.165, 1.54) is 0 Å². The van der Waals surface area contributed by atoms with Gasteiger partial charge in [0.05, 0.1) is 25.9 Å². The second kappa shape index (κ2) is 7.95. The summed E-state index contributed by atoms with van der Waals surface area (Å²) in [5, 5.41) is 9.05. The van der Waals surface area contributed by atoms with Crippen LogP contribution < -0.4 is 15.2 Å². The molecule has 0 radical (unpaired) electrons. The summed E-state index contributed by atoms with van der Waals surface area (Å²) in [6.07, 6.45) is 2.11. The molecule has 0 heterocycles. The molecule has 18 heavy (non-hydrogen) atoms. The van der Waals surface area contributed by atoms with Gasteiger partial charge in [-0.15, -0.1) is 0 Å². The van der Waals surface area contributed by atoms with Crippen molar-refractivity contribution in [1.29, 1.82) is 0 Å². The van der Waals surface area contributed by atoms with Crippen LogP contribution in [0.25, 0.3) is 0 Å². The van der Waals surface area contributed by atoms with Crippen molar-refractivity contribution < 1.29 is 14.6 Å². The molecule has 0 unspecified atom stereocenters. The van der Waals surface area contributed by atoms with E-state index in [1.807, 2.05) is 25.1 Å². The highest BCUT2D eigenvalue weighted by Crippen LogP contribution is 2.30. The van der Waals surface area contributed by atoms with E-state index < -0.39 is 0 Å². The van der Waals surface area contributed by atoms with Crippen molar-refractivity contribution in [1.82, 2.24) is 0 Å². The molecule has 4 heteroatoms. The number of aliphatic hydroxyl groups is 1. The third kappa shape index (κ3) is 4.20. The number of aliphatic hydroxyl groups excluding tert-OH is 1. The fourth-order valence-corrected chi connectivity index (χ4v) is 1.57. The van der Waals surface area contributed by atoms with Crippen LogP contribution in [0.2, 0.25) is 0 Å². The molecular formula is C14H23NO3. The number of hydrogen-bond acceptors (Lipinski definition) is 4. The van der Waals surface area contributed by atoms with Gasteiger partial charge < -0.3 is 20.3 Å². The summed E-state index contributed by atoms with van der Waals surface area (Å²) in [7, 11) is 0. The van der Waals surface area contributed by atoms with Crippen LogP contribution in [0, 0.1) is 0 Å². The van der Waals surface area contributed by atoms with Gasteiger partial charge in [0.25, 0.3) is 0 Å². The molecule has 102 valence electrons. The van der Waals surface area contributed by atoms with Crippen LogP contribution in [-0.4, -0.2) is 24.9 Å². The van der Waals surface area contributed by atoms with Crippen LogP contribution in [0.5, 0.6) is 11.5 Å². The monoisotopic (exact) mass is 253 g/mol. The van der Waals surface area contributed by atoms with Gasteiger partial charge in [0.1, 0.15) is 0 Å². The number of nitrogens with two attached hydrogens (primary N) is 1. The van der Waals surface area contributed by atoms with Crippen molar-refractivity contribution >= 4 is 0 Å². The average molecular weight is 253 g/mol. The van der Waals surface area contributed by atoms with Gasteiger partial charge in [0, 0.05) is 0 Å². The maximum absolute atomic E-state index is 9.05. The van der Waals surface area contributed by atoms with Gasteiger partial charge in [-0.1, -0.05) is 19.4 Å². The number of benzene rings is 1. The Morgan fingerprint density at radius 1 is 1.22 bits per heavy atom. The first-order chi connectivity index (χ1) is 8.72. The third-order valence-electron chi connectivity index (χ3n) is 2.65. The van der Waals surface area contributed by atoms with Crippen molar-refractivity contribution in [2.75, 3.05) is 19.8 Å². The highest BCUT2D eigenvalue weighted by molar-refractivity contribution is 5.43. The first-order valence-electron chi connectivity index (χ1n) is 6.48. The minimum Gasteiger partial charge on any atom is -0.490 e. The molecule has 0 aliphatic heterocycles. The molecule has 0 aromatic heterocycles. The molecule has 4 nitrogen and oxygen atoms in total. The zero-order valence-corrected chi connectivity index (χ0v) is 11.2. The average Bonchev–Trinajstić information content (AvgIpc) is 2.40. The second-order valence-electron chi connectivity index (χ2n) is 4.13. The lowest BCUT2D eigenvalue weighted by Crippen LogP contribution is -2.14. The Morgan fingerprint density at radius 3 is 2.61 bits per heavy atom. The largest absolute Gasteiger partial charge is 0.490 e. The Labute approximate surface area is 109 Å². The zero-order chi connectivity index (χ0) is 13.4. The lowest BCUT2D eigenvalue weighted by atomic mass is 10.1. The molecule has 0 aliphatic carbocycles. The molecule has 3 N–H and O–H groups in total. The van der Waals surface area contributed by atoms with Gasteiger partial charge in [0.2, 0.25) is 0 Å². The zero-order valence-electron chi connectivity index (χ0n) is 11.2. The van der Waals surface area contributed by atoms with Gasteiger partial charge >= 0.3 is 0 Å². The Balaban J connectivity index is 2.82. The standard InChI is InChI=1S/C14H23NO3/c1-3-5-8-18-13-7-6-11(12(15)10-16)9-14(13)17-4-2/h6-7,9,12,16H,3-5,8,10,15H2,1-2H3/t12-/m0/s1. The van der Waals surface area contributed by atoms with E-state index in [9.17, 15) is 0 Å². The van der Waals surface area contributed by atoms with Crippen LogP contribution in [0.15, 0.2) is 18.2 Å². The summed E-state index contributed by atoms with van der Waals surface area (Å²) in [5.41, 5.74) is 6.64. The van der Waals surface area contributed by atoms with Gasteiger partial charge in [0.15, 0.2) is 11.5 Å². The fraction of sp³-hybridized carbons (Fsp3) is 0.571. The maximum atomic E-state index is 9.05. The van der Waals surface area contributed by atoms with E-state index in [-0.39, 0.29) is 12.6 Å². The van der Waals surface area contributed by atoms with E-state index >= 15 is 0 Å². The first kappa shape index (κ1) is 14.8. The molecule has 0 amide bonds. The smallest absolute Gasteiger partial charge is 0.161 e. The SMILES string of the molecule is CCCCOc1ccc([C@@H](N)CO)cc1OCC. The predicted molar refractivity (Wildman–Crippen MR) is 72.0 cm³/mol. The molecule has 1 aromatic carbocycles. The Morgan fingerprint density at radius 2 is 2.00 bits per heavy atom. The van der Waals surface area contributed by atoms with Crippen LogP contribution in [-0.2, 0) is 0 Å². The summed E-state index contributed by atoms with van der Waals surface area (Å²) in [6, 6.07) is 5.18. The Kier molecular flexibility index (Phi) is 6.54. The van der Waals surface area contributed by atoms with Gasteiger partial charge in [-0.05, 0) is 31.0 Å². The number of ether oxygens (including phenoxy) is 2. The van der Waals surface area contributed by atoms with E-state index in [0.29, 0.717) is 19.0 Å². The quantitative estimate of drug-likeness (QED) is 0.697. The highest BCUT2D eigenvalue weighted by Gasteiger charge is 2.10. The second-order valence-corrected chi connectivity index (χ2v) is 4.13. The summed E-state index contributed by atoms with van der Waals surface area (Å²) in [5.74, 6) is 1.43. The van der Waals surface area contributed by atoms with Gasteiger partial charge in [-0.3, -0.25) is 0 Å². The first-order valence-corrected chi connectivity index (χ1v) is 6.48. The normalized spacial score (nSPS) is 12.2. The summed E-state index contributed by atoms with van der Waals surface area (Å²) < 4.78 is 11.2. The topological polar surface area (TPSA) is 64.7 Å². The molecule has 0 saturated heterocycles. The minimum absolute atomic E-state index is 0.0817. The fourth-order valence-electron chi connectivity index (χ4n) is 1.57. The van der Waals surface area contributed by atoms with Crippen LogP contribution in [0.1, 0.15) is 38.3 Å². The lowest BCUT2D eigenvalue weighted by Gasteiger charge is -2.15. The van der Waals surface area contributed by atoms with Crippen LogP contribution in [0.4, 0.5) is 0 Å². The Bertz CT molecular complexity index is 355. The molecule has 0 spiro atoms. The van der Waals surface area contributed by atoms with E-state index in [0.717, 1.165) is 24.2 Å². The molecule has 1 rings (SSSR count). The van der Waals surface area contributed by atoms with Gasteiger partial charge in [-0.25, -0.2) is 0 Å². The van der Waals surface area contributed by atoms with Crippen molar-refractivity contribution in [2.45, 2.75) is 32.7 Å². The van der Waals surface area contributed by atoms with Crippen LogP contribution >= 0.6 is 0 Å². The molecule has 1 aromatic rings. The third-order valence-corrected chi connectivity index (χ3v) is 2.65. The number of rotatable bonds is 8. The van der Waals surface area contributed by atoms with E-state index in [4.69, 9.17) is 20.3 Å². The number of unbranched alkanes of at least 4 members (excludes halogenated alkanes) is 1. The van der Waals surface area contributed by atoms with Crippen LogP contribution in [0.3, 0.4) is 0 Å². The minimum atomic E-state index is -0.381. The molecular weight excluding hydrogens is 230 g/mol. The van der Waals surface area contributed by atoms with Crippen molar-refractivity contribution in [3.8, 4) is 11.5 Å². The molecule has 0 saturated carbocycles. The molecule has 0 aliphatic rings. The van der Waals surface area contributed by atoms with E-state index in [2.05, 4.69) is 6.92 Å². The maximum Gasteiger partial charge on any atom is 0.161 e. The Hall–Kier alpha value is -1.26. The summed E-state index contributed by atoms with van der Waals surface area (Å²) >= 11 is 0. The molecule has 0 fully saturated rings. The van der Waals surface area contributed by atoms with Crippen molar-refractivity contribution in [3.05, 3.63) is 23.8 Å². The molecule has 1 atom stereocenters. The molecule has 0 bridgehead atoms. The predicted octanol–water partition coefficient (Wildman–Crippen LogP) is 2.26. The summed E-state index contributed by atoms with van der Waals surface area (Å²) in [4.78, 5) is 0. The lowest BCUT2D eigenvalue weighted by molar-refractivity contribution is 0.263.